The molecule has 1 aliphatic heterocycles. The Labute approximate surface area is 147 Å². The van der Waals surface area contributed by atoms with E-state index in [2.05, 4.69) is 46.5 Å². The summed E-state index contributed by atoms with van der Waals surface area (Å²) in [4.78, 5) is 8.86. The quantitative estimate of drug-likeness (QED) is 0.769. The summed E-state index contributed by atoms with van der Waals surface area (Å²) in [5.74, 6) is 1.03. The molecule has 3 aromatic rings. The molecule has 0 radical (unpaired) electrons. The summed E-state index contributed by atoms with van der Waals surface area (Å²) in [6.07, 6.45) is 4.71. The van der Waals surface area contributed by atoms with E-state index in [1.165, 1.54) is 11.1 Å². The Balaban J connectivity index is 1.39. The minimum atomic E-state index is 0.279. The minimum absolute atomic E-state index is 0.279. The summed E-state index contributed by atoms with van der Waals surface area (Å²) in [6.45, 7) is 3.77. The van der Waals surface area contributed by atoms with Gasteiger partial charge in [0.15, 0.2) is 0 Å². The summed E-state index contributed by atoms with van der Waals surface area (Å²) in [5.41, 5.74) is 5.57. The first-order chi connectivity index (χ1) is 12.3. The van der Waals surface area contributed by atoms with E-state index in [0.29, 0.717) is 0 Å². The predicted octanol–water partition coefficient (Wildman–Crippen LogP) is 3.93. The average Bonchev–Trinajstić information content (AvgIpc) is 3.15. The van der Waals surface area contributed by atoms with Crippen LogP contribution in [0.5, 0.6) is 5.75 Å². The van der Waals surface area contributed by atoms with Gasteiger partial charge in [-0.2, -0.15) is 0 Å². The Bertz CT molecular complexity index is 847. The van der Waals surface area contributed by atoms with Gasteiger partial charge < -0.3 is 10.1 Å². The molecular formula is C21H21N3O. The number of aromatic nitrogens is 2. The van der Waals surface area contributed by atoms with E-state index in [9.17, 15) is 0 Å². The lowest BCUT2D eigenvalue weighted by Gasteiger charge is -2.15. The maximum atomic E-state index is 5.58. The van der Waals surface area contributed by atoms with E-state index in [1.54, 1.807) is 6.20 Å². The summed E-state index contributed by atoms with van der Waals surface area (Å²) < 4.78 is 5.58. The zero-order chi connectivity index (χ0) is 17.1. The molecule has 0 fully saturated rings. The van der Waals surface area contributed by atoms with Crippen LogP contribution >= 0.6 is 0 Å². The monoisotopic (exact) mass is 331 g/mol. The van der Waals surface area contributed by atoms with Gasteiger partial charge in [-0.05, 0) is 47.9 Å². The second-order valence-electron chi connectivity index (χ2n) is 6.33. The van der Waals surface area contributed by atoms with Gasteiger partial charge in [-0.3, -0.25) is 9.97 Å². The molecular weight excluding hydrogens is 310 g/mol. The molecule has 0 amide bonds. The fourth-order valence-corrected chi connectivity index (χ4v) is 3.06. The molecule has 4 nitrogen and oxygen atoms in total. The minimum Gasteiger partial charge on any atom is -0.493 e. The lowest BCUT2D eigenvalue weighted by atomic mass is 10.0. The first-order valence-electron chi connectivity index (χ1n) is 8.65. The van der Waals surface area contributed by atoms with E-state index in [1.807, 2.05) is 30.5 Å². The normalized spacial score (nSPS) is 14.0. The van der Waals surface area contributed by atoms with Crippen molar-refractivity contribution >= 4 is 0 Å². The molecule has 1 aliphatic rings. The Morgan fingerprint density at radius 3 is 2.80 bits per heavy atom. The number of nitrogens with one attached hydrogen (secondary N) is 1. The van der Waals surface area contributed by atoms with Gasteiger partial charge in [0.05, 0.1) is 18.0 Å². The van der Waals surface area contributed by atoms with Crippen LogP contribution in [0, 0.1) is 0 Å². The van der Waals surface area contributed by atoms with E-state index in [0.717, 1.165) is 42.3 Å². The third-order valence-electron chi connectivity index (χ3n) is 4.58. The van der Waals surface area contributed by atoms with Crippen LogP contribution in [0.15, 0.2) is 60.9 Å². The molecule has 0 spiro atoms. The Morgan fingerprint density at radius 1 is 1.08 bits per heavy atom. The van der Waals surface area contributed by atoms with Crippen molar-refractivity contribution in [3.05, 3.63) is 77.6 Å². The topological polar surface area (TPSA) is 47.0 Å². The molecule has 25 heavy (non-hydrogen) atoms. The first kappa shape index (κ1) is 15.8. The zero-order valence-electron chi connectivity index (χ0n) is 14.3. The van der Waals surface area contributed by atoms with Crippen molar-refractivity contribution in [3.63, 3.8) is 0 Å². The molecule has 126 valence electrons. The SMILES string of the molecule is C[C@@H](NCc1ccc(-c2ccccn2)nc1)c1ccc2c(c1)CCO2. The van der Waals surface area contributed by atoms with Crippen LogP contribution in [-0.4, -0.2) is 16.6 Å². The highest BCUT2D eigenvalue weighted by Gasteiger charge is 2.14. The highest BCUT2D eigenvalue weighted by Crippen LogP contribution is 2.28. The van der Waals surface area contributed by atoms with Gasteiger partial charge in [0.2, 0.25) is 0 Å². The van der Waals surface area contributed by atoms with Gasteiger partial charge in [0.25, 0.3) is 0 Å². The lowest BCUT2D eigenvalue weighted by Crippen LogP contribution is -2.18. The molecule has 0 saturated heterocycles. The highest BCUT2D eigenvalue weighted by molar-refractivity contribution is 5.53. The van der Waals surface area contributed by atoms with E-state index < -0.39 is 0 Å². The molecule has 1 aromatic carbocycles. The van der Waals surface area contributed by atoms with Crippen LogP contribution in [0.2, 0.25) is 0 Å². The van der Waals surface area contributed by atoms with E-state index >= 15 is 0 Å². The Kier molecular flexibility index (Phi) is 4.44. The largest absolute Gasteiger partial charge is 0.493 e. The molecule has 0 aliphatic carbocycles. The highest BCUT2D eigenvalue weighted by atomic mass is 16.5. The third-order valence-corrected chi connectivity index (χ3v) is 4.58. The predicted molar refractivity (Wildman–Crippen MR) is 98.4 cm³/mol. The van der Waals surface area contributed by atoms with Gasteiger partial charge in [0.1, 0.15) is 5.75 Å². The molecule has 4 heteroatoms. The average molecular weight is 331 g/mol. The number of benzene rings is 1. The van der Waals surface area contributed by atoms with Crippen molar-refractivity contribution in [2.45, 2.75) is 25.9 Å². The second-order valence-corrected chi connectivity index (χ2v) is 6.33. The van der Waals surface area contributed by atoms with Gasteiger partial charge in [-0.1, -0.05) is 24.3 Å². The first-order valence-corrected chi connectivity index (χ1v) is 8.65. The molecule has 0 saturated carbocycles. The van der Waals surface area contributed by atoms with E-state index in [4.69, 9.17) is 4.74 Å². The molecule has 2 aromatic heterocycles. The Morgan fingerprint density at radius 2 is 2.00 bits per heavy atom. The van der Waals surface area contributed by atoms with Crippen molar-refractivity contribution in [1.82, 2.24) is 15.3 Å². The second kappa shape index (κ2) is 7.03. The number of fused-ring (bicyclic) bond motifs is 1. The van der Waals surface area contributed by atoms with Crippen molar-refractivity contribution in [2.24, 2.45) is 0 Å². The summed E-state index contributed by atoms with van der Waals surface area (Å²) in [6, 6.07) is 16.7. The van der Waals surface area contributed by atoms with Crippen LogP contribution in [0.25, 0.3) is 11.4 Å². The smallest absolute Gasteiger partial charge is 0.122 e. The van der Waals surface area contributed by atoms with Crippen molar-refractivity contribution in [3.8, 4) is 17.1 Å². The number of pyridine rings is 2. The number of nitrogens with zero attached hydrogens (tertiary/aromatic N) is 2. The van der Waals surface area contributed by atoms with Gasteiger partial charge in [-0.15, -0.1) is 0 Å². The van der Waals surface area contributed by atoms with Crippen molar-refractivity contribution in [1.29, 1.82) is 0 Å². The van der Waals surface area contributed by atoms with Crippen LogP contribution < -0.4 is 10.1 Å². The molecule has 1 N–H and O–H groups in total. The molecule has 4 rings (SSSR count). The van der Waals surface area contributed by atoms with Crippen LogP contribution in [0.1, 0.15) is 29.7 Å². The number of hydrogen-bond donors (Lipinski definition) is 1. The zero-order valence-corrected chi connectivity index (χ0v) is 14.3. The molecule has 3 heterocycles. The number of ether oxygens (including phenoxy) is 1. The lowest BCUT2D eigenvalue weighted by molar-refractivity contribution is 0.356. The number of hydrogen-bond acceptors (Lipinski definition) is 4. The summed E-state index contributed by atoms with van der Waals surface area (Å²) in [5, 5.41) is 3.57. The maximum absolute atomic E-state index is 5.58. The number of rotatable bonds is 5. The summed E-state index contributed by atoms with van der Waals surface area (Å²) in [7, 11) is 0. The molecule has 0 unspecified atom stereocenters. The van der Waals surface area contributed by atoms with Crippen molar-refractivity contribution < 1.29 is 4.74 Å². The maximum Gasteiger partial charge on any atom is 0.122 e. The van der Waals surface area contributed by atoms with Crippen LogP contribution in [-0.2, 0) is 13.0 Å². The van der Waals surface area contributed by atoms with Gasteiger partial charge in [-0.25, -0.2) is 0 Å². The molecule has 1 atom stereocenters. The fraction of sp³-hybridized carbons (Fsp3) is 0.238. The third kappa shape index (κ3) is 3.54. The van der Waals surface area contributed by atoms with Crippen molar-refractivity contribution in [2.75, 3.05) is 6.61 Å². The Hall–Kier alpha value is -2.72. The van der Waals surface area contributed by atoms with Crippen LogP contribution in [0.4, 0.5) is 0 Å². The van der Waals surface area contributed by atoms with E-state index in [-0.39, 0.29) is 6.04 Å². The van der Waals surface area contributed by atoms with Crippen LogP contribution in [0.3, 0.4) is 0 Å². The summed E-state index contributed by atoms with van der Waals surface area (Å²) >= 11 is 0. The molecule has 0 bridgehead atoms. The van der Waals surface area contributed by atoms with Gasteiger partial charge in [0, 0.05) is 31.4 Å². The standard InChI is InChI=1S/C21H21N3O/c1-15(17-6-8-21-18(12-17)9-11-25-21)23-13-16-5-7-20(24-14-16)19-4-2-3-10-22-19/h2-8,10,12,14-15,23H,9,11,13H2,1H3/t15-/m1/s1. The fourth-order valence-electron chi connectivity index (χ4n) is 3.06. The van der Waals surface area contributed by atoms with Gasteiger partial charge >= 0.3 is 0 Å².